The van der Waals surface area contributed by atoms with Crippen LogP contribution in [0.15, 0.2) is 42.7 Å². The number of benzene rings is 1. The first kappa shape index (κ1) is 15.2. The predicted octanol–water partition coefficient (Wildman–Crippen LogP) is 4.82. The molecule has 0 aliphatic heterocycles. The van der Waals surface area contributed by atoms with Gasteiger partial charge in [0.25, 0.3) is 0 Å². The highest BCUT2D eigenvalue weighted by Gasteiger charge is 2.20. The van der Waals surface area contributed by atoms with Crippen molar-refractivity contribution in [3.8, 4) is 11.5 Å². The Morgan fingerprint density at radius 1 is 0.926 bits per heavy atom. The number of fused-ring (bicyclic) bond motifs is 6. The Morgan fingerprint density at radius 2 is 1.85 bits per heavy atom. The fourth-order valence-corrected chi connectivity index (χ4v) is 5.25. The van der Waals surface area contributed by atoms with Crippen LogP contribution in [0, 0.1) is 0 Å². The van der Waals surface area contributed by atoms with Gasteiger partial charge in [-0.2, -0.15) is 0 Å². The van der Waals surface area contributed by atoms with Gasteiger partial charge in [0.1, 0.15) is 16.9 Å². The maximum absolute atomic E-state index is 4.88. The summed E-state index contributed by atoms with van der Waals surface area (Å²) >= 11 is 1.83. The molecule has 5 aromatic rings. The molecule has 0 bridgehead atoms. The summed E-state index contributed by atoms with van der Waals surface area (Å²) in [5.41, 5.74) is 4.11. The van der Waals surface area contributed by atoms with Gasteiger partial charge < -0.3 is 0 Å². The molecule has 1 aromatic carbocycles. The normalized spacial score (nSPS) is 14.7. The van der Waals surface area contributed by atoms with Gasteiger partial charge in [0.15, 0.2) is 5.65 Å². The van der Waals surface area contributed by atoms with Gasteiger partial charge in [-0.1, -0.05) is 30.7 Å². The van der Waals surface area contributed by atoms with Crippen LogP contribution in [0.25, 0.3) is 38.3 Å². The number of thiophene rings is 1. The second-order valence-corrected chi connectivity index (χ2v) is 8.17. The molecule has 0 saturated heterocycles. The Hall–Kier alpha value is -2.86. The third-order valence-corrected chi connectivity index (χ3v) is 6.57. The average molecular weight is 371 g/mol. The Morgan fingerprint density at radius 3 is 2.85 bits per heavy atom. The van der Waals surface area contributed by atoms with Crippen molar-refractivity contribution in [2.75, 3.05) is 0 Å². The lowest BCUT2D eigenvalue weighted by Crippen LogP contribution is -1.92. The largest absolute Gasteiger partial charge is 0.244 e. The molecule has 132 valence electrons. The van der Waals surface area contributed by atoms with Gasteiger partial charge in [-0.05, 0) is 43.4 Å². The van der Waals surface area contributed by atoms with E-state index in [0.717, 1.165) is 39.9 Å². The van der Waals surface area contributed by atoms with Gasteiger partial charge in [0.05, 0.1) is 10.9 Å². The summed E-state index contributed by atoms with van der Waals surface area (Å²) in [5, 5.41) is 6.99. The van der Waals surface area contributed by atoms with Gasteiger partial charge in [0, 0.05) is 10.3 Å². The minimum Gasteiger partial charge on any atom is -0.244 e. The molecule has 5 nitrogen and oxygen atoms in total. The molecule has 0 atom stereocenters. The topological polar surface area (TPSA) is 56.0 Å². The second-order valence-electron chi connectivity index (χ2n) is 7.08. The molecule has 0 saturated carbocycles. The Kier molecular flexibility index (Phi) is 3.28. The number of nitrogens with zero attached hydrogens (tertiary/aromatic N) is 5. The van der Waals surface area contributed by atoms with E-state index in [4.69, 9.17) is 9.97 Å². The van der Waals surface area contributed by atoms with Crippen LogP contribution in [0.5, 0.6) is 0 Å². The summed E-state index contributed by atoms with van der Waals surface area (Å²) in [5.74, 6) is 0.656. The minimum absolute atomic E-state index is 0.656. The van der Waals surface area contributed by atoms with E-state index < -0.39 is 0 Å². The predicted molar refractivity (Wildman–Crippen MR) is 108 cm³/mol. The maximum atomic E-state index is 4.88. The van der Waals surface area contributed by atoms with Crippen LogP contribution >= 0.6 is 11.3 Å². The van der Waals surface area contributed by atoms with E-state index in [1.54, 1.807) is 6.33 Å². The van der Waals surface area contributed by atoms with E-state index in [1.165, 1.54) is 35.1 Å². The quantitative estimate of drug-likeness (QED) is 0.396. The molecule has 0 fully saturated rings. The summed E-state index contributed by atoms with van der Waals surface area (Å²) in [7, 11) is 0. The van der Waals surface area contributed by atoms with Crippen molar-refractivity contribution in [3.63, 3.8) is 0 Å². The van der Waals surface area contributed by atoms with Gasteiger partial charge in [-0.25, -0.2) is 19.5 Å². The number of hydrogen-bond acceptors (Lipinski definition) is 5. The van der Waals surface area contributed by atoms with Crippen molar-refractivity contribution in [1.29, 1.82) is 0 Å². The molecule has 27 heavy (non-hydrogen) atoms. The summed E-state index contributed by atoms with van der Waals surface area (Å²) in [6.45, 7) is 0. The van der Waals surface area contributed by atoms with Gasteiger partial charge >= 0.3 is 0 Å². The average Bonchev–Trinajstić information content (AvgIpc) is 3.21. The third-order valence-electron chi connectivity index (χ3n) is 5.37. The van der Waals surface area contributed by atoms with Crippen molar-refractivity contribution in [1.82, 2.24) is 24.6 Å². The maximum Gasteiger partial charge on any atom is 0.200 e. The van der Waals surface area contributed by atoms with E-state index in [-0.39, 0.29) is 0 Å². The van der Waals surface area contributed by atoms with Crippen molar-refractivity contribution < 1.29 is 0 Å². The Balaban J connectivity index is 1.58. The third kappa shape index (κ3) is 2.36. The minimum atomic E-state index is 0.656. The molecule has 6 rings (SSSR count). The molecular formula is C21H17N5S. The number of rotatable bonds is 1. The number of para-hydroxylation sites is 1. The molecule has 0 spiro atoms. The molecule has 4 heterocycles. The van der Waals surface area contributed by atoms with Crippen LogP contribution in [-0.2, 0) is 12.8 Å². The fourth-order valence-electron chi connectivity index (χ4n) is 4.03. The van der Waals surface area contributed by atoms with E-state index in [9.17, 15) is 0 Å². The van der Waals surface area contributed by atoms with Crippen molar-refractivity contribution in [2.45, 2.75) is 32.1 Å². The van der Waals surface area contributed by atoms with Crippen molar-refractivity contribution >= 4 is 38.1 Å². The molecule has 1 aliphatic carbocycles. The van der Waals surface area contributed by atoms with Crippen LogP contribution in [0.1, 0.15) is 29.7 Å². The van der Waals surface area contributed by atoms with E-state index in [2.05, 4.69) is 22.2 Å². The summed E-state index contributed by atoms with van der Waals surface area (Å²) in [6, 6.07) is 12.2. The van der Waals surface area contributed by atoms with Gasteiger partial charge in [0.2, 0.25) is 5.82 Å². The molecule has 4 aromatic heterocycles. The molecule has 1 aliphatic rings. The zero-order valence-electron chi connectivity index (χ0n) is 14.7. The van der Waals surface area contributed by atoms with Crippen LogP contribution in [-0.4, -0.2) is 24.6 Å². The lowest BCUT2D eigenvalue weighted by Gasteiger charge is -1.99. The van der Waals surface area contributed by atoms with E-state index in [1.807, 2.05) is 40.1 Å². The second kappa shape index (κ2) is 5.82. The molecule has 0 amide bonds. The first-order valence-electron chi connectivity index (χ1n) is 9.39. The first-order chi connectivity index (χ1) is 13.4. The zero-order valence-corrected chi connectivity index (χ0v) is 15.5. The zero-order chi connectivity index (χ0) is 17.8. The van der Waals surface area contributed by atoms with Crippen LogP contribution in [0.2, 0.25) is 0 Å². The van der Waals surface area contributed by atoms with E-state index in [0.29, 0.717) is 5.82 Å². The summed E-state index contributed by atoms with van der Waals surface area (Å²) < 4.78 is 1.81. The SMILES string of the molecule is c1ccc2nc(-c3nc4c5c6c(sc5ncn4n3)CCCCC6)ccc2c1. The monoisotopic (exact) mass is 371 g/mol. The van der Waals surface area contributed by atoms with E-state index >= 15 is 0 Å². The standard InChI is InChI=1S/C21H17N5S/c1-2-7-14-17(9-3-1)27-21-18(14)20-24-19(25-26(20)12-22-21)16-11-10-13-6-4-5-8-15(13)23-16/h4-6,8,10-12H,1-3,7,9H2. The molecule has 0 unspecified atom stereocenters. The van der Waals surface area contributed by atoms with Gasteiger partial charge in [-0.3, -0.25) is 0 Å². The van der Waals surface area contributed by atoms with Crippen LogP contribution < -0.4 is 0 Å². The van der Waals surface area contributed by atoms with Crippen molar-refractivity contribution in [3.05, 3.63) is 53.2 Å². The highest BCUT2D eigenvalue weighted by molar-refractivity contribution is 7.19. The lowest BCUT2D eigenvalue weighted by atomic mass is 10.1. The van der Waals surface area contributed by atoms with Crippen LogP contribution in [0.3, 0.4) is 0 Å². The highest BCUT2D eigenvalue weighted by Crippen LogP contribution is 2.36. The fraction of sp³-hybridized carbons (Fsp3) is 0.238. The Bertz CT molecular complexity index is 1320. The van der Waals surface area contributed by atoms with Gasteiger partial charge in [-0.15, -0.1) is 16.4 Å². The number of aryl methyl sites for hydroxylation is 2. The number of pyridine rings is 1. The highest BCUT2D eigenvalue weighted by atomic mass is 32.1. The number of hydrogen-bond donors (Lipinski definition) is 0. The number of aromatic nitrogens is 5. The lowest BCUT2D eigenvalue weighted by molar-refractivity contribution is 0.713. The molecular weight excluding hydrogens is 354 g/mol. The van der Waals surface area contributed by atoms with Crippen molar-refractivity contribution in [2.24, 2.45) is 0 Å². The summed E-state index contributed by atoms with van der Waals surface area (Å²) in [4.78, 5) is 16.9. The molecule has 0 N–H and O–H groups in total. The van der Waals surface area contributed by atoms with Crippen LogP contribution in [0.4, 0.5) is 0 Å². The Labute approximate surface area is 159 Å². The smallest absolute Gasteiger partial charge is 0.200 e. The first-order valence-corrected chi connectivity index (χ1v) is 10.2. The summed E-state index contributed by atoms with van der Waals surface area (Å²) in [6.07, 6.45) is 7.88. The molecule has 6 heteroatoms. The molecule has 0 radical (unpaired) electrons.